The van der Waals surface area contributed by atoms with Crippen LogP contribution in [-0.2, 0) is 15.6 Å². The van der Waals surface area contributed by atoms with E-state index in [4.69, 9.17) is 0 Å². The fourth-order valence-electron chi connectivity index (χ4n) is 1.76. The highest BCUT2D eigenvalue weighted by atomic mass is 32.2. The molecule has 21 heavy (non-hydrogen) atoms. The molecule has 110 valence electrons. The summed E-state index contributed by atoms with van der Waals surface area (Å²) in [5.74, 6) is 1.34. The number of benzene rings is 2. The van der Waals surface area contributed by atoms with Crippen molar-refractivity contribution in [2.24, 2.45) is 0 Å². The summed E-state index contributed by atoms with van der Waals surface area (Å²) in [5.41, 5.74) is 0.791. The Morgan fingerprint density at radius 2 is 1.76 bits per heavy atom. The Balaban J connectivity index is 1.81. The predicted octanol–water partition coefficient (Wildman–Crippen LogP) is 3.54. The molecule has 0 aliphatic rings. The molecule has 2 aromatic carbocycles. The van der Waals surface area contributed by atoms with Gasteiger partial charge < -0.3 is 5.32 Å². The smallest absolute Gasteiger partial charge is 0.221 e. The Labute approximate surface area is 131 Å². The van der Waals surface area contributed by atoms with E-state index in [0.717, 1.165) is 21.2 Å². The minimum Gasteiger partial charge on any atom is -0.326 e. The number of carbonyl (C=O) groups is 1. The minimum atomic E-state index is -0.947. The van der Waals surface area contributed by atoms with Gasteiger partial charge in [-0.05, 0) is 36.4 Å². The summed E-state index contributed by atoms with van der Waals surface area (Å²) in [5, 5.41) is 2.73. The topological polar surface area (TPSA) is 46.2 Å². The number of anilines is 1. The van der Waals surface area contributed by atoms with Crippen molar-refractivity contribution in [3.63, 3.8) is 0 Å². The molecule has 0 unspecified atom stereocenters. The average Bonchev–Trinajstić information content (AvgIpc) is 2.49. The van der Waals surface area contributed by atoms with Gasteiger partial charge in [0.1, 0.15) is 0 Å². The normalized spacial score (nSPS) is 11.9. The van der Waals surface area contributed by atoms with Crippen LogP contribution in [0.3, 0.4) is 0 Å². The van der Waals surface area contributed by atoms with Gasteiger partial charge in [-0.25, -0.2) is 0 Å². The van der Waals surface area contributed by atoms with Crippen LogP contribution in [-0.4, -0.2) is 21.6 Å². The van der Waals surface area contributed by atoms with Gasteiger partial charge in [0, 0.05) is 33.9 Å². The Hall–Kier alpha value is -1.59. The molecule has 0 radical (unpaired) electrons. The van der Waals surface area contributed by atoms with Gasteiger partial charge in [-0.15, -0.1) is 11.8 Å². The lowest BCUT2D eigenvalue weighted by atomic mass is 10.3. The molecule has 5 heteroatoms. The lowest BCUT2D eigenvalue weighted by Gasteiger charge is -2.05. The maximum absolute atomic E-state index is 12.1. The summed E-state index contributed by atoms with van der Waals surface area (Å²) < 4.78 is 12.1. The van der Waals surface area contributed by atoms with Crippen molar-refractivity contribution >= 4 is 34.2 Å². The highest BCUT2D eigenvalue weighted by Gasteiger charge is 2.03. The van der Waals surface area contributed by atoms with E-state index < -0.39 is 10.8 Å². The van der Waals surface area contributed by atoms with Gasteiger partial charge in [-0.3, -0.25) is 9.00 Å². The Bertz CT molecular complexity index is 612. The lowest BCUT2D eigenvalue weighted by Crippen LogP contribution is -2.05. The predicted molar refractivity (Wildman–Crippen MR) is 89.2 cm³/mol. The van der Waals surface area contributed by atoms with E-state index in [0.29, 0.717) is 5.75 Å². The molecule has 2 rings (SSSR count). The first-order valence-corrected chi connectivity index (χ1v) is 8.89. The van der Waals surface area contributed by atoms with E-state index in [1.54, 1.807) is 11.8 Å². The fraction of sp³-hybridized carbons (Fsp3) is 0.188. The SMILES string of the molecule is CC(=O)Nc1ccc(SCC[S@@](=O)c2ccccc2)cc1. The molecule has 0 aliphatic heterocycles. The van der Waals surface area contributed by atoms with Gasteiger partial charge >= 0.3 is 0 Å². The first-order valence-electron chi connectivity index (χ1n) is 6.59. The summed E-state index contributed by atoms with van der Waals surface area (Å²) in [4.78, 5) is 12.9. The summed E-state index contributed by atoms with van der Waals surface area (Å²) in [6, 6.07) is 17.2. The fourth-order valence-corrected chi connectivity index (χ4v) is 3.96. The van der Waals surface area contributed by atoms with E-state index in [2.05, 4.69) is 5.32 Å². The van der Waals surface area contributed by atoms with E-state index in [1.165, 1.54) is 6.92 Å². The second-order valence-corrected chi connectivity index (χ2v) is 7.16. The summed E-state index contributed by atoms with van der Waals surface area (Å²) in [6.07, 6.45) is 0. The van der Waals surface area contributed by atoms with Crippen LogP contribution >= 0.6 is 11.8 Å². The lowest BCUT2D eigenvalue weighted by molar-refractivity contribution is -0.114. The molecule has 0 aromatic heterocycles. The van der Waals surface area contributed by atoms with Crippen molar-refractivity contribution < 1.29 is 9.00 Å². The van der Waals surface area contributed by atoms with Gasteiger partial charge in [0.2, 0.25) is 5.91 Å². The minimum absolute atomic E-state index is 0.0753. The van der Waals surface area contributed by atoms with Gasteiger partial charge in [0.05, 0.1) is 10.8 Å². The zero-order chi connectivity index (χ0) is 15.1. The molecular formula is C16H17NO2S2. The largest absolute Gasteiger partial charge is 0.326 e. The molecule has 3 nitrogen and oxygen atoms in total. The third kappa shape index (κ3) is 5.36. The van der Waals surface area contributed by atoms with E-state index >= 15 is 0 Å². The maximum atomic E-state index is 12.1. The number of nitrogens with one attached hydrogen (secondary N) is 1. The quantitative estimate of drug-likeness (QED) is 0.828. The summed E-state index contributed by atoms with van der Waals surface area (Å²) >= 11 is 1.67. The number of amides is 1. The van der Waals surface area contributed by atoms with Crippen LogP contribution in [0.4, 0.5) is 5.69 Å². The van der Waals surface area contributed by atoms with Crippen molar-refractivity contribution in [1.29, 1.82) is 0 Å². The van der Waals surface area contributed by atoms with Crippen LogP contribution < -0.4 is 5.32 Å². The van der Waals surface area contributed by atoms with Crippen molar-refractivity contribution in [2.75, 3.05) is 16.8 Å². The molecule has 0 bridgehead atoms. The highest BCUT2D eigenvalue weighted by molar-refractivity contribution is 8.00. The van der Waals surface area contributed by atoms with Crippen LogP contribution in [0, 0.1) is 0 Å². The van der Waals surface area contributed by atoms with Crippen LogP contribution in [0.2, 0.25) is 0 Å². The standard InChI is InChI=1S/C16H17NO2S2/c1-13(18)17-14-7-9-15(10-8-14)20-11-12-21(19)16-5-3-2-4-6-16/h2-10H,11-12H2,1H3,(H,17,18)/t21-/m1/s1. The van der Waals surface area contributed by atoms with E-state index in [-0.39, 0.29) is 5.91 Å². The summed E-state index contributed by atoms with van der Waals surface area (Å²) in [7, 11) is -0.947. The maximum Gasteiger partial charge on any atom is 0.221 e. The Morgan fingerprint density at radius 3 is 2.38 bits per heavy atom. The Kier molecular flexibility index (Phi) is 6.02. The third-order valence-corrected chi connectivity index (χ3v) is 5.36. The van der Waals surface area contributed by atoms with Crippen LogP contribution in [0.5, 0.6) is 0 Å². The monoisotopic (exact) mass is 319 g/mol. The molecule has 0 aliphatic carbocycles. The number of rotatable bonds is 6. The molecule has 0 spiro atoms. The zero-order valence-corrected chi connectivity index (χ0v) is 13.4. The molecule has 0 fully saturated rings. The third-order valence-electron chi connectivity index (χ3n) is 2.72. The van der Waals surface area contributed by atoms with Crippen molar-refractivity contribution in [1.82, 2.24) is 0 Å². The molecular weight excluding hydrogens is 302 g/mol. The van der Waals surface area contributed by atoms with Gasteiger partial charge in [0.25, 0.3) is 0 Å². The van der Waals surface area contributed by atoms with Crippen molar-refractivity contribution in [2.45, 2.75) is 16.7 Å². The molecule has 0 saturated carbocycles. The van der Waals surface area contributed by atoms with Gasteiger partial charge in [-0.1, -0.05) is 18.2 Å². The number of hydrogen-bond donors (Lipinski definition) is 1. The molecule has 1 atom stereocenters. The van der Waals surface area contributed by atoms with Gasteiger partial charge in [-0.2, -0.15) is 0 Å². The zero-order valence-electron chi connectivity index (χ0n) is 11.7. The number of thioether (sulfide) groups is 1. The highest BCUT2D eigenvalue weighted by Crippen LogP contribution is 2.21. The van der Waals surface area contributed by atoms with Crippen molar-refractivity contribution in [3.8, 4) is 0 Å². The van der Waals surface area contributed by atoms with Crippen LogP contribution in [0.1, 0.15) is 6.92 Å². The van der Waals surface area contributed by atoms with E-state index in [1.807, 2.05) is 54.6 Å². The van der Waals surface area contributed by atoms with E-state index in [9.17, 15) is 9.00 Å². The molecule has 2 aromatic rings. The first-order chi connectivity index (χ1) is 10.1. The second kappa shape index (κ2) is 8.00. The van der Waals surface area contributed by atoms with Crippen LogP contribution in [0.25, 0.3) is 0 Å². The molecule has 1 N–H and O–H groups in total. The average molecular weight is 319 g/mol. The number of hydrogen-bond acceptors (Lipinski definition) is 3. The molecule has 0 heterocycles. The first kappa shape index (κ1) is 15.8. The summed E-state index contributed by atoms with van der Waals surface area (Å²) in [6.45, 7) is 1.49. The second-order valence-electron chi connectivity index (χ2n) is 4.42. The Morgan fingerprint density at radius 1 is 1.10 bits per heavy atom. The van der Waals surface area contributed by atoms with Gasteiger partial charge in [0.15, 0.2) is 0 Å². The van der Waals surface area contributed by atoms with Crippen molar-refractivity contribution in [3.05, 3.63) is 54.6 Å². The molecule has 0 saturated heterocycles. The van der Waals surface area contributed by atoms with Crippen LogP contribution in [0.15, 0.2) is 64.4 Å². The number of carbonyl (C=O) groups excluding carboxylic acids is 1. The molecule has 1 amide bonds.